The van der Waals surface area contributed by atoms with Crippen LogP contribution in [0.15, 0.2) is 71.7 Å². The Labute approximate surface area is 164 Å². The van der Waals surface area contributed by atoms with Crippen LogP contribution in [0.2, 0.25) is 5.02 Å². The van der Waals surface area contributed by atoms with Crippen LogP contribution >= 0.6 is 11.6 Å². The molecule has 0 saturated heterocycles. The highest BCUT2D eigenvalue weighted by Crippen LogP contribution is 2.29. The fraction of sp³-hybridized carbons (Fsp3) is 0.136. The van der Waals surface area contributed by atoms with Crippen LogP contribution in [-0.4, -0.2) is 20.4 Å². The molecular weight excluding hydrogens is 362 g/mol. The molecule has 3 aromatic rings. The van der Waals surface area contributed by atoms with Crippen LogP contribution in [0.4, 0.5) is 5.69 Å². The van der Waals surface area contributed by atoms with Crippen LogP contribution < -0.4 is 14.2 Å². The van der Waals surface area contributed by atoms with Gasteiger partial charge in [-0.3, -0.25) is 4.99 Å². The molecule has 138 valence electrons. The van der Waals surface area contributed by atoms with Gasteiger partial charge in [-0.2, -0.15) is 0 Å². The van der Waals surface area contributed by atoms with E-state index >= 15 is 0 Å². The van der Waals surface area contributed by atoms with Crippen molar-refractivity contribution in [2.45, 2.75) is 6.61 Å². The van der Waals surface area contributed by atoms with E-state index in [-0.39, 0.29) is 0 Å². The van der Waals surface area contributed by atoms with Gasteiger partial charge < -0.3 is 14.2 Å². The highest BCUT2D eigenvalue weighted by Gasteiger charge is 2.07. The van der Waals surface area contributed by atoms with Crippen LogP contribution in [0.5, 0.6) is 17.2 Å². The minimum absolute atomic E-state index is 0.370. The summed E-state index contributed by atoms with van der Waals surface area (Å²) in [7, 11) is 3.25. The van der Waals surface area contributed by atoms with Gasteiger partial charge in [0.25, 0.3) is 0 Å². The summed E-state index contributed by atoms with van der Waals surface area (Å²) in [5.74, 6) is 2.09. The lowest BCUT2D eigenvalue weighted by molar-refractivity contribution is 0.284. The Bertz CT molecular complexity index is 923. The summed E-state index contributed by atoms with van der Waals surface area (Å²) in [6.07, 6.45) is 1.78. The van der Waals surface area contributed by atoms with E-state index in [0.29, 0.717) is 23.1 Å². The number of halogens is 1. The van der Waals surface area contributed by atoms with E-state index in [2.05, 4.69) is 4.99 Å². The molecule has 5 heteroatoms. The van der Waals surface area contributed by atoms with Crippen molar-refractivity contribution in [2.75, 3.05) is 14.2 Å². The first kappa shape index (κ1) is 18.8. The SMILES string of the molecule is COc1ccc(N=Cc2ccc(OCc3ccccc3Cl)c(OC)c2)cc1. The molecule has 0 aliphatic heterocycles. The highest BCUT2D eigenvalue weighted by atomic mass is 35.5. The molecule has 27 heavy (non-hydrogen) atoms. The van der Waals surface area contributed by atoms with Gasteiger partial charge in [-0.1, -0.05) is 29.8 Å². The number of ether oxygens (including phenoxy) is 3. The van der Waals surface area contributed by atoms with E-state index in [9.17, 15) is 0 Å². The van der Waals surface area contributed by atoms with Crippen molar-refractivity contribution >= 4 is 23.5 Å². The molecule has 0 aliphatic carbocycles. The van der Waals surface area contributed by atoms with Gasteiger partial charge in [-0.05, 0) is 54.1 Å². The lowest BCUT2D eigenvalue weighted by Crippen LogP contribution is -1.99. The third-order valence-electron chi connectivity index (χ3n) is 3.96. The molecule has 0 heterocycles. The summed E-state index contributed by atoms with van der Waals surface area (Å²) in [4.78, 5) is 4.47. The van der Waals surface area contributed by atoms with Gasteiger partial charge in [-0.25, -0.2) is 0 Å². The molecule has 3 rings (SSSR count). The third kappa shape index (κ3) is 5.02. The summed E-state index contributed by atoms with van der Waals surface area (Å²) >= 11 is 6.17. The van der Waals surface area contributed by atoms with E-state index in [1.807, 2.05) is 66.7 Å². The van der Waals surface area contributed by atoms with Gasteiger partial charge in [0.05, 0.1) is 19.9 Å². The number of methoxy groups -OCH3 is 2. The Morgan fingerprint density at radius 3 is 2.37 bits per heavy atom. The number of nitrogens with zero attached hydrogens (tertiary/aromatic N) is 1. The first-order chi connectivity index (χ1) is 13.2. The molecule has 3 aromatic carbocycles. The van der Waals surface area contributed by atoms with Gasteiger partial charge in [0.1, 0.15) is 12.4 Å². The van der Waals surface area contributed by atoms with Crippen molar-refractivity contribution in [3.63, 3.8) is 0 Å². The van der Waals surface area contributed by atoms with E-state index in [1.165, 1.54) is 0 Å². The van der Waals surface area contributed by atoms with Gasteiger partial charge >= 0.3 is 0 Å². The predicted octanol–water partition coefficient (Wildman–Crippen LogP) is 5.69. The Morgan fingerprint density at radius 1 is 0.889 bits per heavy atom. The molecule has 0 saturated carbocycles. The molecule has 0 atom stereocenters. The Balaban J connectivity index is 1.71. The fourth-order valence-corrected chi connectivity index (χ4v) is 2.66. The number of aliphatic imine (C=N–C) groups is 1. The van der Waals surface area contributed by atoms with Gasteiger partial charge in [-0.15, -0.1) is 0 Å². The summed E-state index contributed by atoms with van der Waals surface area (Å²) in [6.45, 7) is 0.370. The van der Waals surface area contributed by atoms with Gasteiger partial charge in [0.15, 0.2) is 11.5 Å². The molecule has 0 bridgehead atoms. The summed E-state index contributed by atoms with van der Waals surface area (Å²) < 4.78 is 16.5. The topological polar surface area (TPSA) is 40.0 Å². The molecule has 0 unspecified atom stereocenters. The largest absolute Gasteiger partial charge is 0.497 e. The Hall–Kier alpha value is -2.98. The molecule has 0 spiro atoms. The molecule has 0 N–H and O–H groups in total. The fourth-order valence-electron chi connectivity index (χ4n) is 2.47. The zero-order valence-electron chi connectivity index (χ0n) is 15.2. The number of benzene rings is 3. The van der Waals surface area contributed by atoms with Crippen molar-refractivity contribution in [1.29, 1.82) is 0 Å². The Morgan fingerprint density at radius 2 is 1.67 bits per heavy atom. The van der Waals surface area contributed by atoms with Crippen LogP contribution in [0.25, 0.3) is 0 Å². The first-order valence-corrected chi connectivity index (χ1v) is 8.80. The highest BCUT2D eigenvalue weighted by molar-refractivity contribution is 6.31. The van der Waals surface area contributed by atoms with Gasteiger partial charge in [0.2, 0.25) is 0 Å². The normalized spacial score (nSPS) is 10.8. The number of hydrogen-bond acceptors (Lipinski definition) is 4. The quantitative estimate of drug-likeness (QED) is 0.494. The maximum atomic E-state index is 6.17. The smallest absolute Gasteiger partial charge is 0.161 e. The van der Waals surface area contributed by atoms with Crippen LogP contribution in [0.3, 0.4) is 0 Å². The predicted molar refractivity (Wildman–Crippen MR) is 109 cm³/mol. The zero-order valence-corrected chi connectivity index (χ0v) is 15.9. The molecule has 4 nitrogen and oxygen atoms in total. The van der Waals surface area contributed by atoms with E-state index < -0.39 is 0 Å². The maximum absolute atomic E-state index is 6.17. The second kappa shape index (κ2) is 9.10. The molecular formula is C22H20ClNO3. The van der Waals surface area contributed by atoms with Gasteiger partial charge in [0, 0.05) is 16.8 Å². The number of rotatable bonds is 7. The van der Waals surface area contributed by atoms with Crippen molar-refractivity contribution in [3.05, 3.63) is 82.9 Å². The van der Waals surface area contributed by atoms with Crippen molar-refractivity contribution in [2.24, 2.45) is 4.99 Å². The molecule has 0 aromatic heterocycles. The minimum Gasteiger partial charge on any atom is -0.497 e. The third-order valence-corrected chi connectivity index (χ3v) is 4.33. The minimum atomic E-state index is 0.370. The Kier molecular flexibility index (Phi) is 6.34. The average Bonchev–Trinajstić information content (AvgIpc) is 2.72. The molecule has 0 radical (unpaired) electrons. The van der Waals surface area contributed by atoms with Crippen molar-refractivity contribution < 1.29 is 14.2 Å². The van der Waals surface area contributed by atoms with Crippen LogP contribution in [0.1, 0.15) is 11.1 Å². The van der Waals surface area contributed by atoms with E-state index in [1.54, 1.807) is 20.4 Å². The lowest BCUT2D eigenvalue weighted by atomic mass is 10.2. The van der Waals surface area contributed by atoms with Crippen LogP contribution in [-0.2, 0) is 6.61 Å². The molecule has 0 aliphatic rings. The molecule has 0 fully saturated rings. The summed E-state index contributed by atoms with van der Waals surface area (Å²) in [6, 6.07) is 20.8. The zero-order chi connectivity index (χ0) is 19.1. The monoisotopic (exact) mass is 381 g/mol. The summed E-state index contributed by atoms with van der Waals surface area (Å²) in [5, 5.41) is 0.680. The maximum Gasteiger partial charge on any atom is 0.161 e. The van der Waals surface area contributed by atoms with E-state index in [0.717, 1.165) is 22.6 Å². The molecule has 0 amide bonds. The van der Waals surface area contributed by atoms with Crippen molar-refractivity contribution in [3.8, 4) is 17.2 Å². The second-order valence-corrected chi connectivity index (χ2v) is 6.15. The standard InChI is InChI=1S/C22H20ClNO3/c1-25-19-10-8-18(9-11-19)24-14-16-7-12-21(22(13-16)26-2)27-15-17-5-3-4-6-20(17)23/h3-14H,15H2,1-2H3. The number of hydrogen-bond donors (Lipinski definition) is 0. The lowest BCUT2D eigenvalue weighted by Gasteiger charge is -2.12. The summed E-state index contributed by atoms with van der Waals surface area (Å²) in [5.41, 5.74) is 2.67. The van der Waals surface area contributed by atoms with Crippen molar-refractivity contribution in [1.82, 2.24) is 0 Å². The van der Waals surface area contributed by atoms with Crippen LogP contribution in [0, 0.1) is 0 Å². The average molecular weight is 382 g/mol. The first-order valence-electron chi connectivity index (χ1n) is 8.42. The van der Waals surface area contributed by atoms with E-state index in [4.69, 9.17) is 25.8 Å². The second-order valence-electron chi connectivity index (χ2n) is 5.75.